The summed E-state index contributed by atoms with van der Waals surface area (Å²) in [6.45, 7) is 7.29. The third-order valence-electron chi connectivity index (χ3n) is 5.44. The Bertz CT molecular complexity index is 832. The van der Waals surface area contributed by atoms with Crippen LogP contribution in [0.15, 0.2) is 53.6 Å². The number of amides is 1. The average molecular weight is 425 g/mol. The van der Waals surface area contributed by atoms with Crippen LogP contribution in [0.25, 0.3) is 0 Å². The number of nitrogens with one attached hydrogen (secondary N) is 1. The highest BCUT2D eigenvalue weighted by Gasteiger charge is 2.18. The van der Waals surface area contributed by atoms with E-state index in [9.17, 15) is 4.79 Å². The lowest BCUT2D eigenvalue weighted by Gasteiger charge is -2.34. The molecule has 30 heavy (non-hydrogen) atoms. The molecule has 1 aliphatic heterocycles. The molecule has 1 aliphatic rings. The molecule has 160 valence electrons. The van der Waals surface area contributed by atoms with E-state index in [0.717, 1.165) is 50.5 Å². The summed E-state index contributed by atoms with van der Waals surface area (Å²) >= 11 is 1.82. The van der Waals surface area contributed by atoms with Crippen molar-refractivity contribution >= 4 is 23.9 Å². The minimum Gasteiger partial charge on any atom is -0.297 e. The molecule has 0 saturated carbocycles. The first-order valence-electron chi connectivity index (χ1n) is 10.6. The molecule has 6 heteroatoms. The molecule has 1 fully saturated rings. The number of nitrogens with zero attached hydrogens (tertiary/aromatic N) is 3. The third kappa shape index (κ3) is 6.69. The van der Waals surface area contributed by atoms with Crippen LogP contribution in [0.1, 0.15) is 29.2 Å². The number of benzene rings is 2. The van der Waals surface area contributed by atoms with Gasteiger partial charge in [0.25, 0.3) is 5.91 Å². The molecular weight excluding hydrogens is 392 g/mol. The summed E-state index contributed by atoms with van der Waals surface area (Å²) in [4.78, 5) is 17.0. The fraction of sp³-hybridized carbons (Fsp3) is 0.417. The van der Waals surface area contributed by atoms with E-state index in [1.165, 1.54) is 16.7 Å². The molecule has 0 radical (unpaired) electrons. The second-order valence-corrected chi connectivity index (χ2v) is 8.47. The minimum atomic E-state index is -0.0546. The average Bonchev–Trinajstić information content (AvgIpc) is 2.76. The molecule has 0 spiro atoms. The standard InChI is InChI=1S/C24H32N4OS/c1-3-23-21(10-7-11-22(23)19-30-2)16-25-26-24(29)18-28-14-12-27(13-15-28)17-20-8-5-4-6-9-20/h4-11,16H,3,12-15,17-19H2,1-2H3,(H,26,29)/b25-16+. The molecule has 2 aromatic carbocycles. The van der Waals surface area contributed by atoms with Crippen molar-refractivity contribution in [1.82, 2.24) is 15.2 Å². The number of hydrogen-bond acceptors (Lipinski definition) is 5. The van der Waals surface area contributed by atoms with Gasteiger partial charge in [-0.3, -0.25) is 14.6 Å². The van der Waals surface area contributed by atoms with Crippen molar-refractivity contribution in [3.63, 3.8) is 0 Å². The maximum absolute atomic E-state index is 12.3. The van der Waals surface area contributed by atoms with Crippen LogP contribution in [-0.4, -0.2) is 60.9 Å². The van der Waals surface area contributed by atoms with Crippen molar-refractivity contribution in [3.05, 3.63) is 70.8 Å². The molecule has 0 unspecified atom stereocenters. The van der Waals surface area contributed by atoms with Crippen LogP contribution in [-0.2, 0) is 23.5 Å². The number of carbonyl (C=O) groups excluding carboxylic acids is 1. The van der Waals surface area contributed by atoms with Gasteiger partial charge < -0.3 is 0 Å². The van der Waals surface area contributed by atoms with Gasteiger partial charge in [-0.25, -0.2) is 5.43 Å². The topological polar surface area (TPSA) is 47.9 Å². The van der Waals surface area contributed by atoms with Gasteiger partial charge in [-0.15, -0.1) is 0 Å². The van der Waals surface area contributed by atoms with Crippen LogP contribution < -0.4 is 5.43 Å². The lowest BCUT2D eigenvalue weighted by Crippen LogP contribution is -2.48. The third-order valence-corrected chi connectivity index (χ3v) is 6.04. The maximum atomic E-state index is 12.3. The summed E-state index contributed by atoms with van der Waals surface area (Å²) in [6, 6.07) is 16.8. The van der Waals surface area contributed by atoms with Gasteiger partial charge in [0.2, 0.25) is 0 Å². The summed E-state index contributed by atoms with van der Waals surface area (Å²) < 4.78 is 0. The first kappa shape index (κ1) is 22.5. The van der Waals surface area contributed by atoms with Crippen LogP contribution in [0.5, 0.6) is 0 Å². The van der Waals surface area contributed by atoms with Crippen molar-refractivity contribution < 1.29 is 4.79 Å². The predicted molar refractivity (Wildman–Crippen MR) is 127 cm³/mol. The van der Waals surface area contributed by atoms with Crippen molar-refractivity contribution in [1.29, 1.82) is 0 Å². The number of thioether (sulfide) groups is 1. The van der Waals surface area contributed by atoms with Crippen molar-refractivity contribution in [3.8, 4) is 0 Å². The van der Waals surface area contributed by atoms with E-state index in [1.807, 2.05) is 17.8 Å². The lowest BCUT2D eigenvalue weighted by molar-refractivity contribution is -0.122. The maximum Gasteiger partial charge on any atom is 0.254 e. The SMILES string of the molecule is CCc1c(/C=N/NC(=O)CN2CCN(Cc3ccccc3)CC2)cccc1CSC. The fourth-order valence-electron chi connectivity index (χ4n) is 3.86. The highest BCUT2D eigenvalue weighted by molar-refractivity contribution is 7.97. The Hall–Kier alpha value is -2.15. The minimum absolute atomic E-state index is 0.0546. The zero-order chi connectivity index (χ0) is 21.2. The van der Waals surface area contributed by atoms with Crippen LogP contribution >= 0.6 is 11.8 Å². The highest BCUT2D eigenvalue weighted by Crippen LogP contribution is 2.18. The monoisotopic (exact) mass is 424 g/mol. The smallest absolute Gasteiger partial charge is 0.254 e. The van der Waals surface area contributed by atoms with E-state index >= 15 is 0 Å². The fourth-order valence-corrected chi connectivity index (χ4v) is 4.44. The molecule has 2 aromatic rings. The van der Waals surface area contributed by atoms with E-state index in [2.05, 4.69) is 76.0 Å². The van der Waals surface area contributed by atoms with Crippen LogP contribution in [0.4, 0.5) is 0 Å². The molecule has 1 amide bonds. The predicted octanol–water partition coefficient (Wildman–Crippen LogP) is 3.38. The largest absolute Gasteiger partial charge is 0.297 e. The van der Waals surface area contributed by atoms with Gasteiger partial charge in [0.15, 0.2) is 0 Å². The van der Waals surface area contributed by atoms with Crippen molar-refractivity contribution in [2.24, 2.45) is 5.10 Å². The Kier molecular flexibility index (Phi) is 8.93. The van der Waals surface area contributed by atoms with E-state index in [0.29, 0.717) is 6.54 Å². The van der Waals surface area contributed by atoms with Crippen LogP contribution in [0, 0.1) is 0 Å². The van der Waals surface area contributed by atoms with Crippen LogP contribution in [0.2, 0.25) is 0 Å². The number of carbonyl (C=O) groups is 1. The molecule has 1 saturated heterocycles. The van der Waals surface area contributed by atoms with Gasteiger partial charge in [0.05, 0.1) is 12.8 Å². The zero-order valence-corrected chi connectivity index (χ0v) is 18.8. The molecule has 0 aliphatic carbocycles. The Morgan fingerprint density at radius 1 is 1.07 bits per heavy atom. The summed E-state index contributed by atoms with van der Waals surface area (Å²) in [6.07, 6.45) is 4.85. The molecule has 0 atom stereocenters. The number of rotatable bonds is 9. The molecule has 3 rings (SSSR count). The molecular formula is C24H32N4OS. The molecule has 1 N–H and O–H groups in total. The molecule has 1 heterocycles. The quantitative estimate of drug-likeness (QED) is 0.495. The Morgan fingerprint density at radius 2 is 1.80 bits per heavy atom. The van der Waals surface area contributed by atoms with E-state index in [4.69, 9.17) is 0 Å². The molecule has 0 aromatic heterocycles. The van der Waals surface area contributed by atoms with E-state index in [-0.39, 0.29) is 5.91 Å². The van der Waals surface area contributed by atoms with Gasteiger partial charge in [0.1, 0.15) is 0 Å². The first-order valence-corrected chi connectivity index (χ1v) is 12.0. The van der Waals surface area contributed by atoms with Gasteiger partial charge in [-0.05, 0) is 34.9 Å². The summed E-state index contributed by atoms with van der Waals surface area (Å²) in [5.74, 6) is 0.939. The Balaban J connectivity index is 1.44. The normalized spacial score (nSPS) is 15.5. The van der Waals surface area contributed by atoms with E-state index < -0.39 is 0 Å². The second kappa shape index (κ2) is 11.9. The number of piperazine rings is 1. The van der Waals surface area contributed by atoms with Gasteiger partial charge >= 0.3 is 0 Å². The molecule has 5 nitrogen and oxygen atoms in total. The van der Waals surface area contributed by atoms with Gasteiger partial charge in [-0.1, -0.05) is 55.5 Å². The zero-order valence-electron chi connectivity index (χ0n) is 18.0. The van der Waals surface area contributed by atoms with Crippen LogP contribution in [0.3, 0.4) is 0 Å². The Morgan fingerprint density at radius 3 is 2.50 bits per heavy atom. The highest BCUT2D eigenvalue weighted by atomic mass is 32.2. The first-order chi connectivity index (χ1) is 14.7. The van der Waals surface area contributed by atoms with Gasteiger partial charge in [0, 0.05) is 38.5 Å². The number of hydrogen-bond donors (Lipinski definition) is 1. The summed E-state index contributed by atoms with van der Waals surface area (Å²) in [7, 11) is 0. The second-order valence-electron chi connectivity index (χ2n) is 7.60. The van der Waals surface area contributed by atoms with Crippen molar-refractivity contribution in [2.45, 2.75) is 25.6 Å². The Labute approximate surface area is 184 Å². The van der Waals surface area contributed by atoms with Crippen molar-refractivity contribution in [2.75, 3.05) is 39.0 Å². The number of hydrazone groups is 1. The summed E-state index contributed by atoms with van der Waals surface area (Å²) in [5, 5.41) is 4.22. The van der Waals surface area contributed by atoms with E-state index in [1.54, 1.807) is 6.21 Å². The molecule has 0 bridgehead atoms. The lowest BCUT2D eigenvalue weighted by atomic mass is 10.0. The van der Waals surface area contributed by atoms with Gasteiger partial charge in [-0.2, -0.15) is 16.9 Å². The summed E-state index contributed by atoms with van der Waals surface area (Å²) in [5.41, 5.74) is 7.77.